The van der Waals surface area contributed by atoms with Crippen molar-refractivity contribution < 1.29 is 4.79 Å². The Labute approximate surface area is 83.4 Å². The molecule has 0 radical (unpaired) electrons. The van der Waals surface area contributed by atoms with Gasteiger partial charge in [0.05, 0.1) is 0 Å². The summed E-state index contributed by atoms with van der Waals surface area (Å²) in [5.74, 6) is 0. The summed E-state index contributed by atoms with van der Waals surface area (Å²) in [4.78, 5) is 10.6. The van der Waals surface area contributed by atoms with E-state index in [4.69, 9.17) is 0 Å². The minimum Gasteiger partial charge on any atom is -0.298 e. The predicted molar refractivity (Wildman–Crippen MR) is 58.8 cm³/mol. The number of aryl methyl sites for hydroxylation is 2. The number of fused-ring (bicyclic) bond motifs is 1. The number of benzene rings is 2. The fraction of sp³-hybridized carbons (Fsp3) is 0.154. The highest BCUT2D eigenvalue weighted by molar-refractivity contribution is 5.91. The molecule has 2 rings (SSSR count). The molecular formula is C13H12O. The molecule has 0 aliphatic heterocycles. The van der Waals surface area contributed by atoms with Crippen molar-refractivity contribution in [2.75, 3.05) is 0 Å². The molecule has 1 heteroatoms. The Morgan fingerprint density at radius 2 is 1.79 bits per heavy atom. The van der Waals surface area contributed by atoms with Crippen molar-refractivity contribution in [2.45, 2.75) is 13.8 Å². The standard InChI is InChI=1S/C13H12O/c1-9-3-5-12-6-4-11(8-14)7-13(12)10(9)2/h3-8H,1-2H3. The topological polar surface area (TPSA) is 17.1 Å². The van der Waals surface area contributed by atoms with Crippen molar-refractivity contribution in [3.05, 3.63) is 47.0 Å². The predicted octanol–water partition coefficient (Wildman–Crippen LogP) is 3.27. The first kappa shape index (κ1) is 8.95. The van der Waals surface area contributed by atoms with Crippen LogP contribution >= 0.6 is 0 Å². The number of aldehydes is 1. The van der Waals surface area contributed by atoms with Gasteiger partial charge in [-0.15, -0.1) is 0 Å². The van der Waals surface area contributed by atoms with Crippen molar-refractivity contribution in [1.82, 2.24) is 0 Å². The summed E-state index contributed by atoms with van der Waals surface area (Å²) in [6.45, 7) is 4.18. The fourth-order valence-electron chi connectivity index (χ4n) is 1.67. The second kappa shape index (κ2) is 3.26. The first-order valence-electron chi connectivity index (χ1n) is 4.67. The number of rotatable bonds is 1. The van der Waals surface area contributed by atoms with E-state index in [-0.39, 0.29) is 0 Å². The lowest BCUT2D eigenvalue weighted by Crippen LogP contribution is -1.86. The molecule has 0 amide bonds. The molecule has 2 aromatic rings. The zero-order valence-electron chi connectivity index (χ0n) is 8.37. The zero-order chi connectivity index (χ0) is 10.1. The second-order valence-electron chi connectivity index (χ2n) is 3.61. The Morgan fingerprint density at radius 1 is 1.07 bits per heavy atom. The summed E-state index contributed by atoms with van der Waals surface area (Å²) in [6.07, 6.45) is 0.890. The van der Waals surface area contributed by atoms with Crippen molar-refractivity contribution in [3.8, 4) is 0 Å². The molecule has 1 nitrogen and oxygen atoms in total. The van der Waals surface area contributed by atoms with Gasteiger partial charge in [-0.25, -0.2) is 0 Å². The van der Waals surface area contributed by atoms with Gasteiger partial charge in [-0.05, 0) is 41.8 Å². The molecule has 0 aliphatic rings. The van der Waals surface area contributed by atoms with E-state index >= 15 is 0 Å². The lowest BCUT2D eigenvalue weighted by Gasteiger charge is -2.05. The van der Waals surface area contributed by atoms with E-state index in [0.717, 1.165) is 11.8 Å². The lowest BCUT2D eigenvalue weighted by molar-refractivity contribution is 0.112. The van der Waals surface area contributed by atoms with Crippen molar-refractivity contribution >= 4 is 17.1 Å². The van der Waals surface area contributed by atoms with Gasteiger partial charge in [-0.1, -0.05) is 24.3 Å². The number of carbonyl (C=O) groups excluding carboxylic acids is 1. The molecule has 0 aromatic heterocycles. The minimum atomic E-state index is 0.742. The average molecular weight is 184 g/mol. The third-order valence-corrected chi connectivity index (χ3v) is 2.72. The van der Waals surface area contributed by atoms with Crippen LogP contribution in [0.4, 0.5) is 0 Å². The van der Waals surface area contributed by atoms with Gasteiger partial charge in [-0.2, -0.15) is 0 Å². The van der Waals surface area contributed by atoms with E-state index in [0.29, 0.717) is 0 Å². The van der Waals surface area contributed by atoms with Gasteiger partial charge in [0.2, 0.25) is 0 Å². The maximum atomic E-state index is 10.6. The van der Waals surface area contributed by atoms with E-state index in [1.54, 1.807) is 0 Å². The smallest absolute Gasteiger partial charge is 0.150 e. The first-order valence-corrected chi connectivity index (χ1v) is 4.67. The number of hydrogen-bond acceptors (Lipinski definition) is 1. The minimum absolute atomic E-state index is 0.742. The monoisotopic (exact) mass is 184 g/mol. The van der Waals surface area contributed by atoms with Crippen LogP contribution in [0.2, 0.25) is 0 Å². The molecule has 0 heterocycles. The first-order chi connectivity index (χ1) is 6.72. The van der Waals surface area contributed by atoms with E-state index in [1.165, 1.54) is 21.9 Å². The van der Waals surface area contributed by atoms with Crippen LogP contribution in [0.1, 0.15) is 21.5 Å². The van der Waals surface area contributed by atoms with Gasteiger partial charge in [0.25, 0.3) is 0 Å². The molecule has 0 spiro atoms. The molecule has 14 heavy (non-hydrogen) atoms. The van der Waals surface area contributed by atoms with Crippen molar-refractivity contribution in [2.24, 2.45) is 0 Å². The summed E-state index contributed by atoms with van der Waals surface area (Å²) in [5.41, 5.74) is 3.26. The molecule has 0 fully saturated rings. The highest BCUT2D eigenvalue weighted by Gasteiger charge is 2.00. The summed E-state index contributed by atoms with van der Waals surface area (Å²) >= 11 is 0. The summed E-state index contributed by atoms with van der Waals surface area (Å²) < 4.78 is 0. The van der Waals surface area contributed by atoms with Gasteiger partial charge in [0.15, 0.2) is 0 Å². The third kappa shape index (κ3) is 1.31. The molecule has 0 atom stereocenters. The Morgan fingerprint density at radius 3 is 2.50 bits per heavy atom. The molecule has 0 bridgehead atoms. The second-order valence-corrected chi connectivity index (χ2v) is 3.61. The molecule has 0 saturated carbocycles. The van der Waals surface area contributed by atoms with E-state index in [1.807, 2.05) is 18.2 Å². The van der Waals surface area contributed by atoms with Crippen LogP contribution in [0.15, 0.2) is 30.3 Å². The van der Waals surface area contributed by atoms with Crippen LogP contribution in [-0.2, 0) is 0 Å². The van der Waals surface area contributed by atoms with Gasteiger partial charge in [0.1, 0.15) is 6.29 Å². The van der Waals surface area contributed by atoms with Gasteiger partial charge in [-0.3, -0.25) is 4.79 Å². The van der Waals surface area contributed by atoms with E-state index < -0.39 is 0 Å². The van der Waals surface area contributed by atoms with Crippen LogP contribution in [0.5, 0.6) is 0 Å². The maximum absolute atomic E-state index is 10.6. The van der Waals surface area contributed by atoms with Crippen molar-refractivity contribution in [1.29, 1.82) is 0 Å². The molecule has 70 valence electrons. The summed E-state index contributed by atoms with van der Waals surface area (Å²) in [5, 5.41) is 2.37. The largest absolute Gasteiger partial charge is 0.298 e. The summed E-state index contributed by atoms with van der Waals surface area (Å²) in [7, 11) is 0. The van der Waals surface area contributed by atoms with Crippen LogP contribution in [-0.4, -0.2) is 6.29 Å². The Hall–Kier alpha value is -1.63. The van der Waals surface area contributed by atoms with Crippen LogP contribution < -0.4 is 0 Å². The Kier molecular flexibility index (Phi) is 2.08. The van der Waals surface area contributed by atoms with Gasteiger partial charge in [0, 0.05) is 5.56 Å². The molecule has 0 unspecified atom stereocenters. The Bertz CT molecular complexity index is 498. The highest BCUT2D eigenvalue weighted by atomic mass is 16.1. The quantitative estimate of drug-likeness (QED) is 0.622. The van der Waals surface area contributed by atoms with Gasteiger partial charge >= 0.3 is 0 Å². The van der Waals surface area contributed by atoms with E-state index in [2.05, 4.69) is 26.0 Å². The van der Waals surface area contributed by atoms with Crippen LogP contribution in [0.25, 0.3) is 10.8 Å². The molecular weight excluding hydrogens is 172 g/mol. The van der Waals surface area contributed by atoms with Gasteiger partial charge < -0.3 is 0 Å². The molecule has 0 N–H and O–H groups in total. The molecule has 0 saturated heterocycles. The zero-order valence-corrected chi connectivity index (χ0v) is 8.37. The normalized spacial score (nSPS) is 10.4. The third-order valence-electron chi connectivity index (χ3n) is 2.72. The SMILES string of the molecule is Cc1ccc2ccc(C=O)cc2c1C. The fourth-order valence-corrected chi connectivity index (χ4v) is 1.67. The Balaban J connectivity index is 2.84. The maximum Gasteiger partial charge on any atom is 0.150 e. The van der Waals surface area contributed by atoms with Crippen LogP contribution in [0, 0.1) is 13.8 Å². The van der Waals surface area contributed by atoms with E-state index in [9.17, 15) is 4.79 Å². The molecule has 0 aliphatic carbocycles. The average Bonchev–Trinajstić information content (AvgIpc) is 2.23. The highest BCUT2D eigenvalue weighted by Crippen LogP contribution is 2.22. The van der Waals surface area contributed by atoms with Crippen molar-refractivity contribution in [3.63, 3.8) is 0 Å². The van der Waals surface area contributed by atoms with Crippen LogP contribution in [0.3, 0.4) is 0 Å². The molecule has 2 aromatic carbocycles. The number of carbonyl (C=O) groups is 1. The summed E-state index contributed by atoms with van der Waals surface area (Å²) in [6, 6.07) is 9.99. The lowest BCUT2D eigenvalue weighted by atomic mass is 9.99. The number of hydrogen-bond donors (Lipinski definition) is 0.